The zero-order valence-electron chi connectivity index (χ0n) is 12.2. The van der Waals surface area contributed by atoms with E-state index in [1.807, 2.05) is 18.5 Å². The van der Waals surface area contributed by atoms with Gasteiger partial charge in [-0.3, -0.25) is 9.97 Å². The maximum atomic E-state index is 4.79. The molecule has 0 aliphatic rings. The molecule has 0 aliphatic carbocycles. The number of nitrogens with zero attached hydrogens (tertiary/aromatic N) is 2. The van der Waals surface area contributed by atoms with Crippen molar-refractivity contribution in [2.45, 2.75) is 45.4 Å². The number of pyridine rings is 2. The van der Waals surface area contributed by atoms with Crippen LogP contribution >= 0.6 is 0 Å². The van der Waals surface area contributed by atoms with Crippen LogP contribution in [-0.4, -0.2) is 9.97 Å². The van der Waals surface area contributed by atoms with Gasteiger partial charge in [0.1, 0.15) is 0 Å². The van der Waals surface area contributed by atoms with Crippen molar-refractivity contribution in [3.8, 4) is 0 Å². The van der Waals surface area contributed by atoms with Gasteiger partial charge in [0.25, 0.3) is 0 Å². The van der Waals surface area contributed by atoms with Crippen molar-refractivity contribution in [2.24, 2.45) is 0 Å². The van der Waals surface area contributed by atoms with E-state index in [-0.39, 0.29) is 5.41 Å². The molecule has 0 spiro atoms. The molecule has 0 N–H and O–H groups in total. The zero-order chi connectivity index (χ0) is 13.9. The Bertz CT molecular complexity index is 526. The molecule has 1 atom stereocenters. The van der Waals surface area contributed by atoms with Crippen molar-refractivity contribution in [2.75, 3.05) is 0 Å². The topological polar surface area (TPSA) is 25.8 Å². The third kappa shape index (κ3) is 3.63. The van der Waals surface area contributed by atoms with Gasteiger partial charge in [0.15, 0.2) is 0 Å². The van der Waals surface area contributed by atoms with Gasteiger partial charge in [-0.25, -0.2) is 0 Å². The van der Waals surface area contributed by atoms with Gasteiger partial charge in [-0.1, -0.05) is 39.8 Å². The molecule has 0 saturated heterocycles. The zero-order valence-corrected chi connectivity index (χ0v) is 12.2. The van der Waals surface area contributed by atoms with Crippen LogP contribution in [0.15, 0.2) is 42.7 Å². The first-order valence-electron chi connectivity index (χ1n) is 6.83. The number of hydrogen-bond donors (Lipinski definition) is 0. The first-order valence-corrected chi connectivity index (χ1v) is 6.83. The fourth-order valence-corrected chi connectivity index (χ4v) is 2.11. The molecule has 0 bridgehead atoms. The van der Waals surface area contributed by atoms with Crippen molar-refractivity contribution in [1.82, 2.24) is 9.97 Å². The molecule has 100 valence electrons. The van der Waals surface area contributed by atoms with E-state index < -0.39 is 0 Å². The molecule has 19 heavy (non-hydrogen) atoms. The van der Waals surface area contributed by atoms with Gasteiger partial charge < -0.3 is 0 Å². The van der Waals surface area contributed by atoms with Gasteiger partial charge in [0, 0.05) is 29.2 Å². The fraction of sp³-hybridized carbons (Fsp3) is 0.412. The van der Waals surface area contributed by atoms with E-state index in [4.69, 9.17) is 4.98 Å². The summed E-state index contributed by atoms with van der Waals surface area (Å²) < 4.78 is 0. The summed E-state index contributed by atoms with van der Waals surface area (Å²) in [7, 11) is 0. The molecule has 0 fully saturated rings. The third-order valence-electron chi connectivity index (χ3n) is 3.34. The number of hydrogen-bond acceptors (Lipinski definition) is 2. The number of rotatable bonds is 3. The average Bonchev–Trinajstić information content (AvgIpc) is 2.39. The van der Waals surface area contributed by atoms with Crippen molar-refractivity contribution in [1.29, 1.82) is 0 Å². The predicted octanol–water partition coefficient (Wildman–Crippen LogP) is 4.12. The lowest BCUT2D eigenvalue weighted by Crippen LogP contribution is -2.14. The van der Waals surface area contributed by atoms with Crippen LogP contribution in [0.5, 0.6) is 0 Å². The minimum absolute atomic E-state index is 0.105. The summed E-state index contributed by atoms with van der Waals surface area (Å²) in [6.07, 6.45) is 4.71. The highest BCUT2D eigenvalue weighted by atomic mass is 14.7. The second-order valence-electron chi connectivity index (χ2n) is 6.16. The summed E-state index contributed by atoms with van der Waals surface area (Å²) in [6, 6.07) is 10.5. The van der Waals surface area contributed by atoms with E-state index in [9.17, 15) is 0 Å². The van der Waals surface area contributed by atoms with Crippen LogP contribution in [0.25, 0.3) is 0 Å². The Morgan fingerprint density at radius 3 is 2.53 bits per heavy atom. The van der Waals surface area contributed by atoms with Crippen LogP contribution < -0.4 is 0 Å². The molecule has 0 aliphatic heterocycles. The lowest BCUT2D eigenvalue weighted by molar-refractivity contribution is 0.563. The lowest BCUT2D eigenvalue weighted by Gasteiger charge is -2.19. The maximum absolute atomic E-state index is 4.79. The average molecular weight is 254 g/mol. The molecule has 2 heterocycles. The van der Waals surface area contributed by atoms with E-state index in [0.717, 1.165) is 17.8 Å². The standard InChI is InChI=1S/C17H22N2/c1-13(14-7-6-10-18-12-14)11-15-8-5-9-16(19-15)17(2,3)4/h5-10,12-13H,11H2,1-4H3. The Hall–Kier alpha value is -1.70. The van der Waals surface area contributed by atoms with Crippen molar-refractivity contribution in [3.05, 3.63) is 59.7 Å². The summed E-state index contributed by atoms with van der Waals surface area (Å²) in [5.41, 5.74) is 3.69. The summed E-state index contributed by atoms with van der Waals surface area (Å²) in [5, 5.41) is 0. The molecule has 0 aromatic carbocycles. The smallest absolute Gasteiger partial charge is 0.0460 e. The van der Waals surface area contributed by atoms with Gasteiger partial charge in [-0.05, 0) is 36.1 Å². The van der Waals surface area contributed by atoms with Gasteiger partial charge in [0.2, 0.25) is 0 Å². The first-order chi connectivity index (χ1) is 8.97. The van der Waals surface area contributed by atoms with E-state index in [0.29, 0.717) is 5.92 Å². The Morgan fingerprint density at radius 2 is 1.89 bits per heavy atom. The monoisotopic (exact) mass is 254 g/mol. The molecule has 1 unspecified atom stereocenters. The van der Waals surface area contributed by atoms with Crippen LogP contribution in [0.1, 0.15) is 50.6 Å². The quantitative estimate of drug-likeness (QED) is 0.823. The van der Waals surface area contributed by atoms with Crippen LogP contribution in [0, 0.1) is 0 Å². The second-order valence-corrected chi connectivity index (χ2v) is 6.16. The SMILES string of the molecule is CC(Cc1cccc(C(C)(C)C)n1)c1cccnc1. The summed E-state index contributed by atoms with van der Waals surface area (Å²) in [4.78, 5) is 8.97. The van der Waals surface area contributed by atoms with Crippen molar-refractivity contribution < 1.29 is 0 Å². The van der Waals surface area contributed by atoms with Crippen molar-refractivity contribution >= 4 is 0 Å². The molecular formula is C17H22N2. The highest BCUT2D eigenvalue weighted by Crippen LogP contribution is 2.22. The van der Waals surface area contributed by atoms with Crippen molar-refractivity contribution in [3.63, 3.8) is 0 Å². The van der Waals surface area contributed by atoms with Crippen LogP contribution in [0.3, 0.4) is 0 Å². The Labute approximate surface area is 115 Å². The highest BCUT2D eigenvalue weighted by molar-refractivity contribution is 5.21. The second kappa shape index (κ2) is 5.52. The molecule has 2 rings (SSSR count). The predicted molar refractivity (Wildman–Crippen MR) is 79.3 cm³/mol. The molecule has 2 aromatic heterocycles. The summed E-state index contributed by atoms with van der Waals surface area (Å²) >= 11 is 0. The van der Waals surface area contributed by atoms with Crippen LogP contribution in [0.4, 0.5) is 0 Å². The van der Waals surface area contributed by atoms with Gasteiger partial charge >= 0.3 is 0 Å². The first kappa shape index (κ1) is 13.7. The Kier molecular flexibility index (Phi) is 3.98. The third-order valence-corrected chi connectivity index (χ3v) is 3.34. The van der Waals surface area contributed by atoms with Gasteiger partial charge in [-0.2, -0.15) is 0 Å². The number of aromatic nitrogens is 2. The lowest BCUT2D eigenvalue weighted by atomic mass is 9.91. The molecule has 2 nitrogen and oxygen atoms in total. The summed E-state index contributed by atoms with van der Waals surface area (Å²) in [6.45, 7) is 8.82. The Balaban J connectivity index is 2.16. The van der Waals surface area contributed by atoms with Crippen LogP contribution in [0.2, 0.25) is 0 Å². The van der Waals surface area contributed by atoms with Gasteiger partial charge in [-0.15, -0.1) is 0 Å². The molecule has 0 saturated carbocycles. The van der Waals surface area contributed by atoms with Crippen LogP contribution in [-0.2, 0) is 11.8 Å². The van der Waals surface area contributed by atoms with E-state index in [2.05, 4.69) is 56.9 Å². The van der Waals surface area contributed by atoms with E-state index in [1.54, 1.807) is 0 Å². The molecule has 0 amide bonds. The van der Waals surface area contributed by atoms with Gasteiger partial charge in [0.05, 0.1) is 0 Å². The normalized spacial score (nSPS) is 13.3. The molecule has 2 heteroatoms. The summed E-state index contributed by atoms with van der Waals surface area (Å²) in [5.74, 6) is 0.441. The van der Waals surface area contributed by atoms with E-state index >= 15 is 0 Å². The largest absolute Gasteiger partial charge is 0.264 e. The highest BCUT2D eigenvalue weighted by Gasteiger charge is 2.16. The Morgan fingerprint density at radius 1 is 1.11 bits per heavy atom. The minimum atomic E-state index is 0.105. The minimum Gasteiger partial charge on any atom is -0.264 e. The molecule has 0 radical (unpaired) electrons. The maximum Gasteiger partial charge on any atom is 0.0460 e. The molecular weight excluding hydrogens is 232 g/mol. The molecule has 2 aromatic rings. The fourth-order valence-electron chi connectivity index (χ4n) is 2.11. The van der Waals surface area contributed by atoms with E-state index in [1.165, 1.54) is 5.56 Å².